The molecule has 6 rings (SSSR count). The van der Waals surface area contributed by atoms with Gasteiger partial charge in [-0.3, -0.25) is 14.6 Å². The van der Waals surface area contributed by atoms with Gasteiger partial charge in [-0.25, -0.2) is 4.39 Å². The maximum absolute atomic E-state index is 14.3. The van der Waals surface area contributed by atoms with Crippen LogP contribution < -0.4 is 5.32 Å². The lowest BCUT2D eigenvalue weighted by molar-refractivity contribution is -0.151. The molecule has 2 aromatic heterocycles. The van der Waals surface area contributed by atoms with Crippen molar-refractivity contribution in [2.45, 2.75) is 45.6 Å². The zero-order chi connectivity index (χ0) is 34.4. The summed E-state index contributed by atoms with van der Waals surface area (Å²) in [5.74, 6) is -0.395. The number of ether oxygens (including phenoxy) is 1. The topological polar surface area (TPSA) is 108 Å². The van der Waals surface area contributed by atoms with Crippen molar-refractivity contribution in [3.8, 4) is 28.1 Å². The Kier molecular flexibility index (Phi) is 10.5. The molecule has 254 valence electrons. The van der Waals surface area contributed by atoms with Crippen molar-refractivity contribution < 1.29 is 23.8 Å². The van der Waals surface area contributed by atoms with Gasteiger partial charge in [0.15, 0.2) is 5.78 Å². The van der Waals surface area contributed by atoms with Crippen LogP contribution in [0.4, 0.5) is 4.39 Å². The molecule has 9 heteroatoms. The second-order valence-electron chi connectivity index (χ2n) is 12.9. The molecule has 3 heterocycles. The number of H-pyrrole nitrogens is 1. The Morgan fingerprint density at radius 1 is 0.959 bits per heavy atom. The third kappa shape index (κ3) is 7.58. The Morgan fingerprint density at radius 2 is 1.65 bits per heavy atom. The number of nitrogens with one attached hydrogen (secondary N) is 2. The minimum absolute atomic E-state index is 0.0951. The number of fused-ring (bicyclic) bond motifs is 1. The number of para-hydroxylation sites is 1. The zero-order valence-electron chi connectivity index (χ0n) is 28.0. The number of carbonyl (C=O) groups excluding carboxylic acids is 2. The molecule has 1 fully saturated rings. The quantitative estimate of drug-likeness (QED) is 0.129. The second-order valence-corrected chi connectivity index (χ2v) is 12.9. The number of aromatic hydroxyl groups is 1. The van der Waals surface area contributed by atoms with Crippen LogP contribution in [0, 0.1) is 11.2 Å². The summed E-state index contributed by atoms with van der Waals surface area (Å²) in [6, 6.07) is 23.6. The molecular formula is C40H43FN4O4. The van der Waals surface area contributed by atoms with Gasteiger partial charge in [0.05, 0.1) is 17.4 Å². The molecule has 3 N–H and O–H groups in total. The largest absolute Gasteiger partial charge is 0.507 e. The van der Waals surface area contributed by atoms with Gasteiger partial charge in [-0.2, -0.15) is 0 Å². The fraction of sp³-hybridized carbons (Fsp3) is 0.325. The Hall–Kier alpha value is -4.86. The lowest BCUT2D eigenvalue weighted by atomic mass is 9.68. The first-order valence-electron chi connectivity index (χ1n) is 17.0. The molecule has 1 amide bonds. The van der Waals surface area contributed by atoms with Crippen LogP contribution in [0.2, 0.25) is 0 Å². The molecule has 0 radical (unpaired) electrons. The molecule has 0 aliphatic carbocycles. The molecule has 3 aromatic carbocycles. The number of hydrogen-bond donors (Lipinski definition) is 3. The van der Waals surface area contributed by atoms with Crippen LogP contribution in [0.25, 0.3) is 33.3 Å². The number of hydrogen-bond acceptors (Lipinski definition) is 6. The van der Waals surface area contributed by atoms with Crippen molar-refractivity contribution in [1.82, 2.24) is 20.2 Å². The third-order valence-electron chi connectivity index (χ3n) is 9.80. The number of nitrogens with zero attached hydrogens (tertiary/aromatic N) is 2. The number of carbonyl (C=O) groups is 2. The van der Waals surface area contributed by atoms with Gasteiger partial charge < -0.3 is 25.0 Å². The lowest BCUT2D eigenvalue weighted by Gasteiger charge is -2.43. The highest BCUT2D eigenvalue weighted by Crippen LogP contribution is 2.41. The number of aromatic nitrogens is 2. The summed E-state index contributed by atoms with van der Waals surface area (Å²) < 4.78 is 20.2. The predicted molar refractivity (Wildman–Crippen MR) is 190 cm³/mol. The number of rotatable bonds is 13. The minimum Gasteiger partial charge on any atom is -0.507 e. The molecule has 1 unspecified atom stereocenters. The number of Topliss-reactive ketones (excluding diaryl/α,β-unsaturated/α-hetero) is 1. The first-order valence-corrected chi connectivity index (χ1v) is 17.0. The van der Waals surface area contributed by atoms with Crippen LogP contribution in [-0.4, -0.2) is 70.6 Å². The first-order chi connectivity index (χ1) is 23.8. The smallest absolute Gasteiger partial charge is 0.248 e. The molecule has 0 spiro atoms. The minimum atomic E-state index is -0.828. The van der Waals surface area contributed by atoms with E-state index in [1.54, 1.807) is 29.4 Å². The Bertz CT molecular complexity index is 1860. The van der Waals surface area contributed by atoms with E-state index in [9.17, 15) is 19.1 Å². The van der Waals surface area contributed by atoms with E-state index in [1.165, 1.54) is 12.1 Å². The van der Waals surface area contributed by atoms with Crippen molar-refractivity contribution in [1.29, 1.82) is 0 Å². The summed E-state index contributed by atoms with van der Waals surface area (Å²) in [6.45, 7) is 6.21. The molecule has 0 saturated carbocycles. The summed E-state index contributed by atoms with van der Waals surface area (Å²) in [5.41, 5.74) is 5.03. The monoisotopic (exact) mass is 662 g/mol. The summed E-state index contributed by atoms with van der Waals surface area (Å²) in [7, 11) is 0. The SMILES string of the molecule is CCN(CC)C(=O)COC(C(=O)Cc1ccc(-c2cccc(-c3cc4ccncc4[nH]3)c2O)cc1)C1(Cc2ccc(F)cc2)CCNCC1. The molecule has 49 heavy (non-hydrogen) atoms. The Labute approximate surface area is 286 Å². The average Bonchev–Trinajstić information content (AvgIpc) is 3.55. The number of aromatic amines is 1. The molecule has 1 saturated heterocycles. The van der Waals surface area contributed by atoms with Crippen LogP contribution in [0.3, 0.4) is 0 Å². The predicted octanol–water partition coefficient (Wildman–Crippen LogP) is 6.72. The number of pyridine rings is 1. The highest BCUT2D eigenvalue weighted by Gasteiger charge is 2.44. The number of amides is 1. The van der Waals surface area contributed by atoms with Gasteiger partial charge in [0.25, 0.3) is 0 Å². The number of benzene rings is 3. The second kappa shape index (κ2) is 15.1. The molecule has 5 aromatic rings. The van der Waals surface area contributed by atoms with Crippen LogP contribution in [-0.2, 0) is 27.2 Å². The zero-order valence-corrected chi connectivity index (χ0v) is 28.0. The average molecular weight is 663 g/mol. The van der Waals surface area contributed by atoms with Gasteiger partial charge in [-0.05, 0) is 93.2 Å². The molecule has 1 atom stereocenters. The fourth-order valence-corrected chi connectivity index (χ4v) is 7.11. The Balaban J connectivity index is 1.25. The summed E-state index contributed by atoms with van der Waals surface area (Å²) in [6.07, 6.45) is 4.69. The van der Waals surface area contributed by atoms with Gasteiger partial charge in [-0.1, -0.05) is 48.5 Å². The molecule has 0 bridgehead atoms. The highest BCUT2D eigenvalue weighted by molar-refractivity contribution is 5.89. The van der Waals surface area contributed by atoms with E-state index in [0.717, 1.165) is 33.3 Å². The van der Waals surface area contributed by atoms with Crippen LogP contribution >= 0.6 is 0 Å². The normalized spacial score (nSPS) is 14.8. The number of piperidine rings is 1. The van der Waals surface area contributed by atoms with E-state index < -0.39 is 11.5 Å². The maximum atomic E-state index is 14.3. The van der Waals surface area contributed by atoms with Gasteiger partial charge in [-0.15, -0.1) is 0 Å². The lowest BCUT2D eigenvalue weighted by Crippen LogP contribution is -2.51. The fourth-order valence-electron chi connectivity index (χ4n) is 7.11. The van der Waals surface area contributed by atoms with Crippen molar-refractivity contribution in [3.05, 3.63) is 108 Å². The summed E-state index contributed by atoms with van der Waals surface area (Å²) in [4.78, 5) is 36.5. The highest BCUT2D eigenvalue weighted by atomic mass is 19.1. The molecule has 8 nitrogen and oxygen atoms in total. The van der Waals surface area contributed by atoms with Gasteiger partial charge in [0.2, 0.25) is 5.91 Å². The molecular weight excluding hydrogens is 619 g/mol. The van der Waals surface area contributed by atoms with Crippen LogP contribution in [0.5, 0.6) is 5.75 Å². The first kappa shape index (κ1) is 34.0. The van der Waals surface area contributed by atoms with E-state index in [0.29, 0.717) is 56.6 Å². The number of halogens is 1. The van der Waals surface area contributed by atoms with E-state index in [-0.39, 0.29) is 36.3 Å². The van der Waals surface area contributed by atoms with Gasteiger partial charge >= 0.3 is 0 Å². The van der Waals surface area contributed by atoms with Crippen LogP contribution in [0.15, 0.2) is 91.3 Å². The van der Waals surface area contributed by atoms with Crippen LogP contribution in [0.1, 0.15) is 37.8 Å². The van der Waals surface area contributed by atoms with Crippen molar-refractivity contribution in [2.24, 2.45) is 5.41 Å². The van der Waals surface area contributed by atoms with E-state index >= 15 is 0 Å². The van der Waals surface area contributed by atoms with Gasteiger partial charge in [0.1, 0.15) is 24.3 Å². The third-order valence-corrected chi connectivity index (χ3v) is 9.80. The summed E-state index contributed by atoms with van der Waals surface area (Å²) in [5, 5.41) is 15.7. The standard InChI is InChI=1S/C40H43FN4O4/c1-3-45(4-2)37(47)26-49-39(40(17-20-42-21-18-40)24-28-10-14-31(41)15-11-28)36(46)22-27-8-12-29(13-9-27)32-6-5-7-33(38(32)48)34-23-30-16-19-43-25-35(30)44-34/h5-16,19,23,25,39,42,44,48H,3-4,17-18,20-22,24,26H2,1-2H3. The van der Waals surface area contributed by atoms with Crippen molar-refractivity contribution >= 4 is 22.6 Å². The maximum Gasteiger partial charge on any atom is 0.248 e. The number of phenols is 1. The number of likely N-dealkylation sites (N-methyl/N-ethyl adjacent to an activating group) is 1. The number of ketones is 1. The van der Waals surface area contributed by atoms with Crippen molar-refractivity contribution in [3.63, 3.8) is 0 Å². The van der Waals surface area contributed by atoms with Gasteiger partial charge in [0, 0.05) is 47.6 Å². The Morgan fingerprint density at radius 3 is 2.35 bits per heavy atom. The van der Waals surface area contributed by atoms with E-state index in [1.807, 2.05) is 68.4 Å². The molecule has 1 aliphatic heterocycles. The number of phenolic OH excluding ortho intramolecular Hbond substituents is 1. The van der Waals surface area contributed by atoms with Crippen molar-refractivity contribution in [2.75, 3.05) is 32.8 Å². The summed E-state index contributed by atoms with van der Waals surface area (Å²) >= 11 is 0. The van der Waals surface area contributed by atoms with E-state index in [4.69, 9.17) is 4.74 Å². The molecule has 1 aliphatic rings. The van der Waals surface area contributed by atoms with E-state index in [2.05, 4.69) is 15.3 Å².